The number of carbonyl (C=O) groups excluding carboxylic acids is 1. The normalized spacial score (nSPS) is 11.0. The molecule has 0 fully saturated rings. The molecule has 0 amide bonds. The van der Waals surface area contributed by atoms with E-state index >= 15 is 0 Å². The van der Waals surface area contributed by atoms with Gasteiger partial charge in [0.15, 0.2) is 6.29 Å². The van der Waals surface area contributed by atoms with E-state index in [4.69, 9.17) is 0 Å². The van der Waals surface area contributed by atoms with Crippen molar-refractivity contribution in [3.05, 3.63) is 64.5 Å². The van der Waals surface area contributed by atoms with Crippen molar-refractivity contribution in [2.24, 2.45) is 0 Å². The molecule has 0 unspecified atom stereocenters. The molecular formula is C19H19NO. The molecule has 0 aliphatic rings. The minimum Gasteiger partial charge on any atom is -0.313 e. The van der Waals surface area contributed by atoms with Crippen molar-refractivity contribution in [3.63, 3.8) is 0 Å². The zero-order valence-corrected chi connectivity index (χ0v) is 12.9. The average Bonchev–Trinajstić information content (AvgIpc) is 2.77. The maximum Gasteiger partial charge on any atom is 0.167 e. The predicted octanol–water partition coefficient (Wildman–Crippen LogP) is 4.65. The van der Waals surface area contributed by atoms with Crippen LogP contribution in [-0.2, 0) is 0 Å². The molecule has 0 saturated carbocycles. The van der Waals surface area contributed by atoms with E-state index in [0.717, 1.165) is 23.1 Å². The van der Waals surface area contributed by atoms with E-state index in [1.165, 1.54) is 27.8 Å². The first-order chi connectivity index (χ1) is 10.0. The molecule has 0 atom stereocenters. The van der Waals surface area contributed by atoms with Crippen LogP contribution >= 0.6 is 0 Å². The van der Waals surface area contributed by atoms with Crippen molar-refractivity contribution in [1.29, 1.82) is 0 Å². The highest BCUT2D eigenvalue weighted by molar-refractivity contribution is 5.92. The number of rotatable bonds is 2. The Balaban J connectivity index is 2.41. The second-order valence-corrected chi connectivity index (χ2v) is 5.78. The molecular weight excluding hydrogens is 258 g/mol. The fourth-order valence-corrected chi connectivity index (χ4v) is 3.29. The Bertz CT molecular complexity index is 832. The molecule has 2 heteroatoms. The highest BCUT2D eigenvalue weighted by atomic mass is 16.1. The lowest BCUT2D eigenvalue weighted by Gasteiger charge is -2.11. The zero-order chi connectivity index (χ0) is 15.1. The van der Waals surface area contributed by atoms with Crippen LogP contribution in [0.25, 0.3) is 16.6 Å². The number of pyridine rings is 1. The number of aromatic nitrogens is 1. The third-order valence-electron chi connectivity index (χ3n) is 4.12. The Hall–Kier alpha value is -2.35. The molecule has 0 aliphatic heterocycles. The minimum atomic E-state index is 0.726. The molecule has 0 N–H and O–H groups in total. The van der Waals surface area contributed by atoms with E-state index in [1.807, 2.05) is 16.7 Å². The van der Waals surface area contributed by atoms with Gasteiger partial charge in [-0.05, 0) is 62.1 Å². The van der Waals surface area contributed by atoms with E-state index in [9.17, 15) is 4.79 Å². The van der Waals surface area contributed by atoms with Crippen molar-refractivity contribution in [3.8, 4) is 11.1 Å². The molecule has 2 aromatic heterocycles. The Morgan fingerprint density at radius 3 is 2.24 bits per heavy atom. The van der Waals surface area contributed by atoms with E-state index in [1.54, 1.807) is 0 Å². The van der Waals surface area contributed by atoms with Gasteiger partial charge in [0.25, 0.3) is 0 Å². The number of benzene rings is 1. The van der Waals surface area contributed by atoms with E-state index in [-0.39, 0.29) is 0 Å². The predicted molar refractivity (Wildman–Crippen MR) is 87.2 cm³/mol. The van der Waals surface area contributed by atoms with E-state index < -0.39 is 0 Å². The van der Waals surface area contributed by atoms with Crippen LogP contribution in [0, 0.1) is 27.7 Å². The van der Waals surface area contributed by atoms with Gasteiger partial charge in [-0.2, -0.15) is 0 Å². The number of aldehydes is 1. The number of nitrogens with zero attached hydrogens (tertiary/aromatic N) is 1. The molecule has 0 bridgehead atoms. The number of fused-ring (bicyclic) bond motifs is 1. The lowest BCUT2D eigenvalue weighted by Crippen LogP contribution is -1.95. The Labute approximate surface area is 125 Å². The molecule has 1 aromatic carbocycles. The van der Waals surface area contributed by atoms with Crippen LogP contribution in [0.3, 0.4) is 0 Å². The van der Waals surface area contributed by atoms with Gasteiger partial charge in [0, 0.05) is 17.3 Å². The summed E-state index contributed by atoms with van der Waals surface area (Å²) in [7, 11) is 0. The van der Waals surface area contributed by atoms with Gasteiger partial charge in [0.05, 0.1) is 5.69 Å². The summed E-state index contributed by atoms with van der Waals surface area (Å²) in [6.07, 6.45) is 2.91. The number of carbonyl (C=O) groups is 1. The van der Waals surface area contributed by atoms with Crippen LogP contribution in [0.2, 0.25) is 0 Å². The molecule has 21 heavy (non-hydrogen) atoms. The van der Waals surface area contributed by atoms with Crippen molar-refractivity contribution >= 4 is 11.8 Å². The maximum atomic E-state index is 11.7. The molecule has 3 aromatic rings. The summed E-state index contributed by atoms with van der Waals surface area (Å²) < 4.78 is 1.98. The third-order valence-corrected chi connectivity index (χ3v) is 4.12. The van der Waals surface area contributed by atoms with Crippen molar-refractivity contribution in [2.75, 3.05) is 0 Å². The van der Waals surface area contributed by atoms with Gasteiger partial charge < -0.3 is 4.40 Å². The molecule has 0 radical (unpaired) electrons. The summed E-state index contributed by atoms with van der Waals surface area (Å²) in [6, 6.07) is 10.5. The SMILES string of the molecule is Cc1cc(C)c(-c2cc3c(C)cccn3c2C=O)c(C)c1. The molecule has 0 spiro atoms. The van der Waals surface area contributed by atoms with Crippen LogP contribution in [-0.4, -0.2) is 10.7 Å². The Morgan fingerprint density at radius 1 is 0.952 bits per heavy atom. The number of hydrogen-bond donors (Lipinski definition) is 0. The summed E-state index contributed by atoms with van der Waals surface area (Å²) in [5.41, 5.74) is 8.86. The van der Waals surface area contributed by atoms with E-state index in [2.05, 4.69) is 52.0 Å². The molecule has 0 saturated heterocycles. The fraction of sp³-hybridized carbons (Fsp3) is 0.211. The standard InChI is InChI=1S/C19H19NO/c1-12-8-14(3)19(15(4)9-12)16-10-17-13(2)6-5-7-20(17)18(16)11-21/h5-11H,1-4H3. The van der Waals surface area contributed by atoms with Crippen LogP contribution in [0.5, 0.6) is 0 Å². The molecule has 3 rings (SSSR count). The minimum absolute atomic E-state index is 0.726. The average molecular weight is 277 g/mol. The van der Waals surface area contributed by atoms with E-state index in [0.29, 0.717) is 0 Å². The quantitative estimate of drug-likeness (QED) is 0.625. The third kappa shape index (κ3) is 2.07. The molecule has 106 valence electrons. The van der Waals surface area contributed by atoms with Crippen LogP contribution < -0.4 is 0 Å². The van der Waals surface area contributed by atoms with Gasteiger partial charge >= 0.3 is 0 Å². The molecule has 0 aliphatic carbocycles. The summed E-state index contributed by atoms with van der Waals surface area (Å²) in [5, 5.41) is 0. The first-order valence-electron chi connectivity index (χ1n) is 7.17. The van der Waals surface area contributed by atoms with Crippen LogP contribution in [0.15, 0.2) is 36.5 Å². The topological polar surface area (TPSA) is 21.5 Å². The van der Waals surface area contributed by atoms with Gasteiger partial charge in [-0.15, -0.1) is 0 Å². The lowest BCUT2D eigenvalue weighted by atomic mass is 9.94. The first-order valence-corrected chi connectivity index (χ1v) is 7.17. The second-order valence-electron chi connectivity index (χ2n) is 5.78. The zero-order valence-electron chi connectivity index (χ0n) is 12.9. The van der Waals surface area contributed by atoms with Gasteiger partial charge in [0.1, 0.15) is 0 Å². The number of hydrogen-bond acceptors (Lipinski definition) is 1. The molecule has 2 heterocycles. The van der Waals surface area contributed by atoms with Gasteiger partial charge in [-0.1, -0.05) is 23.8 Å². The van der Waals surface area contributed by atoms with Crippen molar-refractivity contribution in [2.45, 2.75) is 27.7 Å². The largest absolute Gasteiger partial charge is 0.313 e. The fourth-order valence-electron chi connectivity index (χ4n) is 3.29. The Kier molecular flexibility index (Phi) is 3.17. The Morgan fingerprint density at radius 2 is 1.62 bits per heavy atom. The first kappa shape index (κ1) is 13.6. The van der Waals surface area contributed by atoms with Crippen LogP contribution in [0.1, 0.15) is 32.7 Å². The monoisotopic (exact) mass is 277 g/mol. The smallest absolute Gasteiger partial charge is 0.167 e. The number of aryl methyl sites for hydroxylation is 4. The summed E-state index contributed by atoms with van der Waals surface area (Å²) in [4.78, 5) is 11.7. The van der Waals surface area contributed by atoms with Crippen molar-refractivity contribution < 1.29 is 4.79 Å². The van der Waals surface area contributed by atoms with Gasteiger partial charge in [0.2, 0.25) is 0 Å². The van der Waals surface area contributed by atoms with Gasteiger partial charge in [-0.25, -0.2) is 0 Å². The van der Waals surface area contributed by atoms with Gasteiger partial charge in [-0.3, -0.25) is 4.79 Å². The highest BCUT2D eigenvalue weighted by Crippen LogP contribution is 2.33. The molecule has 2 nitrogen and oxygen atoms in total. The van der Waals surface area contributed by atoms with Crippen LogP contribution in [0.4, 0.5) is 0 Å². The highest BCUT2D eigenvalue weighted by Gasteiger charge is 2.16. The lowest BCUT2D eigenvalue weighted by molar-refractivity contribution is 0.111. The second kappa shape index (κ2) is 4.88. The summed E-state index contributed by atoms with van der Waals surface area (Å²) >= 11 is 0. The maximum absolute atomic E-state index is 11.7. The summed E-state index contributed by atoms with van der Waals surface area (Å²) in [6.45, 7) is 8.39. The van der Waals surface area contributed by atoms with Crippen molar-refractivity contribution in [1.82, 2.24) is 4.40 Å². The summed E-state index contributed by atoms with van der Waals surface area (Å²) in [5.74, 6) is 0.